The maximum absolute atomic E-state index is 12.5. The van der Waals surface area contributed by atoms with Crippen molar-refractivity contribution in [1.82, 2.24) is 15.5 Å². The molecule has 0 bridgehead atoms. The first-order valence-corrected chi connectivity index (χ1v) is 9.11. The Hall–Kier alpha value is -2.57. The molecule has 1 atom stereocenters. The summed E-state index contributed by atoms with van der Waals surface area (Å²) >= 11 is 0. The number of hydrogen-bond acceptors (Lipinski definition) is 4. The normalized spacial score (nSPS) is 20.3. The number of nitrogens with zero attached hydrogens (tertiary/aromatic N) is 1. The molecule has 0 spiro atoms. The van der Waals surface area contributed by atoms with Gasteiger partial charge >= 0.3 is 6.03 Å². The molecule has 140 valence electrons. The van der Waals surface area contributed by atoms with Crippen LogP contribution >= 0.6 is 0 Å². The van der Waals surface area contributed by atoms with Gasteiger partial charge in [-0.05, 0) is 37.0 Å². The summed E-state index contributed by atoms with van der Waals surface area (Å²) in [6.45, 7) is 0.208. The first kappa shape index (κ1) is 18.2. The van der Waals surface area contributed by atoms with Crippen molar-refractivity contribution in [3.63, 3.8) is 0 Å². The molecule has 1 saturated heterocycles. The van der Waals surface area contributed by atoms with Crippen LogP contribution in [0.25, 0.3) is 0 Å². The van der Waals surface area contributed by atoms with Gasteiger partial charge in [0.1, 0.15) is 11.8 Å². The molecule has 1 saturated carbocycles. The zero-order valence-electron chi connectivity index (χ0n) is 15.0. The van der Waals surface area contributed by atoms with E-state index in [0.717, 1.165) is 37.0 Å². The molecule has 3 rings (SSSR count). The largest absolute Gasteiger partial charge is 0.497 e. The summed E-state index contributed by atoms with van der Waals surface area (Å²) in [5, 5.41) is 5.68. The molecule has 0 unspecified atom stereocenters. The lowest BCUT2D eigenvalue weighted by molar-refractivity contribution is -0.128. The fourth-order valence-corrected chi connectivity index (χ4v) is 3.48. The summed E-state index contributed by atoms with van der Waals surface area (Å²) in [7, 11) is 1.58. The van der Waals surface area contributed by atoms with Crippen molar-refractivity contribution in [1.29, 1.82) is 0 Å². The minimum atomic E-state index is -0.630. The third-order valence-electron chi connectivity index (χ3n) is 4.99. The molecule has 7 nitrogen and oxygen atoms in total. The van der Waals surface area contributed by atoms with E-state index in [1.54, 1.807) is 19.2 Å². The summed E-state index contributed by atoms with van der Waals surface area (Å²) in [4.78, 5) is 37.8. The Labute approximate surface area is 153 Å². The van der Waals surface area contributed by atoms with Crippen molar-refractivity contribution in [2.45, 2.75) is 57.2 Å². The molecule has 2 aliphatic rings. The van der Waals surface area contributed by atoms with Crippen LogP contribution < -0.4 is 15.4 Å². The number of carbonyl (C=O) groups excluding carboxylic acids is 3. The maximum Gasteiger partial charge on any atom is 0.325 e. The minimum absolute atomic E-state index is 0.0486. The molecule has 1 aliphatic heterocycles. The molecular weight excluding hydrogens is 334 g/mol. The number of imide groups is 1. The molecule has 1 heterocycles. The lowest BCUT2D eigenvalue weighted by Gasteiger charge is -2.14. The second-order valence-electron chi connectivity index (χ2n) is 6.86. The van der Waals surface area contributed by atoms with Crippen molar-refractivity contribution < 1.29 is 19.1 Å². The van der Waals surface area contributed by atoms with Gasteiger partial charge in [-0.3, -0.25) is 14.5 Å². The Morgan fingerprint density at radius 3 is 2.58 bits per heavy atom. The van der Waals surface area contributed by atoms with Crippen molar-refractivity contribution in [3.05, 3.63) is 29.8 Å². The van der Waals surface area contributed by atoms with Gasteiger partial charge in [-0.1, -0.05) is 25.0 Å². The molecule has 0 radical (unpaired) electrons. The lowest BCUT2D eigenvalue weighted by Crippen LogP contribution is -2.35. The average molecular weight is 359 g/mol. The molecule has 2 fully saturated rings. The van der Waals surface area contributed by atoms with Crippen molar-refractivity contribution >= 4 is 17.8 Å². The predicted octanol–water partition coefficient (Wildman–Crippen LogP) is 1.95. The molecule has 2 N–H and O–H groups in total. The van der Waals surface area contributed by atoms with Crippen LogP contribution in [0.2, 0.25) is 0 Å². The Bertz CT molecular complexity index is 668. The Morgan fingerprint density at radius 1 is 1.23 bits per heavy atom. The van der Waals surface area contributed by atoms with Gasteiger partial charge in [0, 0.05) is 12.5 Å². The number of amides is 4. The first-order valence-electron chi connectivity index (χ1n) is 9.11. The molecule has 1 aromatic rings. The molecule has 26 heavy (non-hydrogen) atoms. The van der Waals surface area contributed by atoms with Crippen LogP contribution in [0.15, 0.2) is 24.3 Å². The summed E-state index contributed by atoms with van der Waals surface area (Å²) in [5.74, 6) is 0.393. The predicted molar refractivity (Wildman–Crippen MR) is 95.5 cm³/mol. The molecule has 1 aliphatic carbocycles. The summed E-state index contributed by atoms with van der Waals surface area (Å²) < 4.78 is 5.10. The number of rotatable bonds is 7. The van der Waals surface area contributed by atoms with Crippen molar-refractivity contribution in [2.75, 3.05) is 7.11 Å². The Balaban J connectivity index is 1.50. The lowest BCUT2D eigenvalue weighted by atomic mass is 10.1. The second kappa shape index (κ2) is 8.21. The molecule has 1 aromatic carbocycles. The second-order valence-corrected chi connectivity index (χ2v) is 6.86. The van der Waals surface area contributed by atoms with Crippen molar-refractivity contribution in [2.24, 2.45) is 0 Å². The Kier molecular flexibility index (Phi) is 5.75. The zero-order valence-corrected chi connectivity index (χ0v) is 15.0. The topological polar surface area (TPSA) is 87.7 Å². The third kappa shape index (κ3) is 4.33. The number of carbonyl (C=O) groups is 3. The number of benzene rings is 1. The summed E-state index contributed by atoms with van der Waals surface area (Å²) in [5.41, 5.74) is 0.842. The van der Waals surface area contributed by atoms with Crippen LogP contribution in [0, 0.1) is 0 Å². The van der Waals surface area contributed by atoms with Gasteiger partial charge in [-0.25, -0.2) is 4.79 Å². The van der Waals surface area contributed by atoms with Crippen LogP contribution in [-0.2, 0) is 16.1 Å². The van der Waals surface area contributed by atoms with Crippen LogP contribution in [0.5, 0.6) is 5.75 Å². The Morgan fingerprint density at radius 2 is 1.92 bits per heavy atom. The molecule has 4 amide bonds. The van der Waals surface area contributed by atoms with E-state index in [0.29, 0.717) is 6.42 Å². The zero-order chi connectivity index (χ0) is 18.5. The van der Waals surface area contributed by atoms with E-state index >= 15 is 0 Å². The van der Waals surface area contributed by atoms with Gasteiger partial charge in [-0.15, -0.1) is 0 Å². The van der Waals surface area contributed by atoms with Gasteiger partial charge in [0.25, 0.3) is 5.91 Å². The number of hydrogen-bond donors (Lipinski definition) is 2. The summed E-state index contributed by atoms with van der Waals surface area (Å²) in [6, 6.07) is 6.45. The fourth-order valence-electron chi connectivity index (χ4n) is 3.48. The monoisotopic (exact) mass is 359 g/mol. The molecular formula is C19H25N3O4. The van der Waals surface area contributed by atoms with Crippen molar-refractivity contribution in [3.8, 4) is 5.75 Å². The van der Waals surface area contributed by atoms with E-state index in [2.05, 4.69) is 10.6 Å². The SMILES string of the molecule is COc1ccc(CN2C(=O)N[C@@H](CCC(=O)NC3CCCC3)C2=O)cc1. The van der Waals surface area contributed by atoms with Gasteiger partial charge in [-0.2, -0.15) is 0 Å². The van der Waals surface area contributed by atoms with E-state index in [-0.39, 0.29) is 30.8 Å². The third-order valence-corrected chi connectivity index (χ3v) is 4.99. The van der Waals surface area contributed by atoms with E-state index in [1.165, 1.54) is 4.90 Å². The highest BCUT2D eigenvalue weighted by atomic mass is 16.5. The smallest absolute Gasteiger partial charge is 0.325 e. The van der Waals surface area contributed by atoms with Gasteiger partial charge < -0.3 is 15.4 Å². The number of urea groups is 1. The average Bonchev–Trinajstić information content (AvgIpc) is 3.24. The number of nitrogens with one attached hydrogen (secondary N) is 2. The molecule has 7 heteroatoms. The van der Waals surface area contributed by atoms with Gasteiger partial charge in [0.05, 0.1) is 13.7 Å². The highest BCUT2D eigenvalue weighted by Gasteiger charge is 2.37. The fraction of sp³-hybridized carbons (Fsp3) is 0.526. The van der Waals surface area contributed by atoms with Crippen LogP contribution in [0.4, 0.5) is 4.79 Å². The van der Waals surface area contributed by atoms with E-state index < -0.39 is 12.1 Å². The maximum atomic E-state index is 12.5. The van der Waals surface area contributed by atoms with E-state index in [9.17, 15) is 14.4 Å². The van der Waals surface area contributed by atoms with E-state index in [4.69, 9.17) is 4.74 Å². The standard InChI is InChI=1S/C19H25N3O4/c1-26-15-8-6-13(7-9-15)12-22-18(24)16(21-19(22)25)10-11-17(23)20-14-4-2-3-5-14/h6-9,14,16H,2-5,10-12H2,1H3,(H,20,23)(H,21,25)/t16-/m0/s1. The number of ether oxygens (including phenoxy) is 1. The van der Waals surface area contributed by atoms with Gasteiger partial charge in [0.2, 0.25) is 5.91 Å². The highest BCUT2D eigenvalue weighted by Crippen LogP contribution is 2.19. The van der Waals surface area contributed by atoms with E-state index in [1.807, 2.05) is 12.1 Å². The minimum Gasteiger partial charge on any atom is -0.497 e. The summed E-state index contributed by atoms with van der Waals surface area (Å²) in [6.07, 6.45) is 4.93. The van der Waals surface area contributed by atoms with Crippen LogP contribution in [0.1, 0.15) is 44.1 Å². The van der Waals surface area contributed by atoms with Crippen LogP contribution in [0.3, 0.4) is 0 Å². The number of methoxy groups -OCH3 is 1. The highest BCUT2D eigenvalue weighted by molar-refractivity contribution is 6.04. The first-order chi connectivity index (χ1) is 12.6. The van der Waals surface area contributed by atoms with Gasteiger partial charge in [0.15, 0.2) is 0 Å². The molecule has 0 aromatic heterocycles. The quantitative estimate of drug-likeness (QED) is 0.729. The van der Waals surface area contributed by atoms with Crippen LogP contribution in [-0.4, -0.2) is 41.9 Å².